The highest BCUT2D eigenvalue weighted by atomic mass is 32.2. The minimum Gasteiger partial charge on any atom is -0.385 e. The Morgan fingerprint density at radius 3 is 2.86 bits per heavy atom. The molecule has 21 heavy (non-hydrogen) atoms. The summed E-state index contributed by atoms with van der Waals surface area (Å²) in [7, 11) is 3.33. The highest BCUT2D eigenvalue weighted by Gasteiger charge is 2.47. The van der Waals surface area contributed by atoms with Crippen molar-refractivity contribution in [1.29, 1.82) is 0 Å². The Labute approximate surface area is 129 Å². The van der Waals surface area contributed by atoms with Crippen LogP contribution in [0.15, 0.2) is 29.2 Å². The molecule has 0 aromatic heterocycles. The average Bonchev–Trinajstić information content (AvgIpc) is 2.49. The van der Waals surface area contributed by atoms with Gasteiger partial charge in [0.15, 0.2) is 4.75 Å². The average molecular weight is 308 g/mol. The second-order valence-corrected chi connectivity index (χ2v) is 6.53. The third-order valence-electron chi connectivity index (χ3n) is 3.50. The van der Waals surface area contributed by atoms with Crippen LogP contribution in [0.5, 0.6) is 0 Å². The van der Waals surface area contributed by atoms with Crippen LogP contribution in [0.25, 0.3) is 0 Å². The number of methoxy groups -OCH3 is 1. The lowest BCUT2D eigenvalue weighted by Crippen LogP contribution is -2.55. The topological polar surface area (TPSA) is 58.6 Å². The van der Waals surface area contributed by atoms with E-state index in [2.05, 4.69) is 5.32 Å². The summed E-state index contributed by atoms with van der Waals surface area (Å²) in [5.74, 6) is -0.453. The second kappa shape index (κ2) is 6.49. The minimum atomic E-state index is -1.13. The van der Waals surface area contributed by atoms with E-state index in [4.69, 9.17) is 4.74 Å². The molecule has 0 saturated carbocycles. The molecule has 0 aliphatic carbocycles. The summed E-state index contributed by atoms with van der Waals surface area (Å²) < 4.78 is 3.82. The smallest absolute Gasteiger partial charge is 0.252 e. The number of carbonyl (C=O) groups is 2. The van der Waals surface area contributed by atoms with Gasteiger partial charge in [0, 0.05) is 32.2 Å². The van der Waals surface area contributed by atoms with E-state index in [1.165, 1.54) is 11.8 Å². The Kier molecular flexibility index (Phi) is 4.90. The van der Waals surface area contributed by atoms with E-state index in [1.807, 2.05) is 24.3 Å². The Morgan fingerprint density at radius 1 is 1.43 bits per heavy atom. The van der Waals surface area contributed by atoms with Crippen LogP contribution < -0.4 is 10.2 Å². The molecule has 1 aromatic rings. The number of anilines is 1. The number of para-hydroxylation sites is 1. The zero-order chi connectivity index (χ0) is 15.5. The van der Waals surface area contributed by atoms with Crippen LogP contribution in [0.2, 0.25) is 0 Å². The molecule has 1 N–H and O–H groups in total. The van der Waals surface area contributed by atoms with E-state index in [1.54, 1.807) is 26.0 Å². The van der Waals surface area contributed by atoms with Crippen molar-refractivity contribution in [2.45, 2.75) is 23.0 Å². The maximum atomic E-state index is 12.6. The Morgan fingerprint density at radius 2 is 2.14 bits per heavy atom. The quantitative estimate of drug-likeness (QED) is 0.664. The SMILES string of the molecule is COCCCNC(=O)[C@]1(C)Sc2ccccc2N(C)C1=O. The summed E-state index contributed by atoms with van der Waals surface area (Å²) in [4.78, 5) is 27.5. The van der Waals surface area contributed by atoms with E-state index in [0.717, 1.165) is 17.0 Å². The fourth-order valence-corrected chi connectivity index (χ4v) is 3.53. The second-order valence-electron chi connectivity index (χ2n) is 5.07. The standard InChI is InChI=1S/C15H20N2O3S/c1-15(13(18)16-9-6-10-20-3)14(19)17(2)11-7-4-5-8-12(11)21-15/h4-5,7-8H,6,9-10H2,1-3H3,(H,16,18)/t15-/m0/s1. The Hall–Kier alpha value is -1.53. The number of ether oxygens (including phenoxy) is 1. The minimum absolute atomic E-state index is 0.199. The molecule has 1 heterocycles. The lowest BCUT2D eigenvalue weighted by atomic mass is 10.1. The van der Waals surface area contributed by atoms with Crippen LogP contribution in [-0.2, 0) is 14.3 Å². The molecule has 0 bridgehead atoms. The van der Waals surface area contributed by atoms with Gasteiger partial charge < -0.3 is 15.0 Å². The van der Waals surface area contributed by atoms with Crippen molar-refractivity contribution in [2.75, 3.05) is 32.2 Å². The molecule has 1 aliphatic rings. The zero-order valence-corrected chi connectivity index (χ0v) is 13.3. The van der Waals surface area contributed by atoms with Crippen LogP contribution in [0, 0.1) is 0 Å². The largest absolute Gasteiger partial charge is 0.385 e. The van der Waals surface area contributed by atoms with E-state index >= 15 is 0 Å². The summed E-state index contributed by atoms with van der Waals surface area (Å²) in [5.41, 5.74) is 0.845. The highest BCUT2D eigenvalue weighted by molar-refractivity contribution is 8.02. The summed E-state index contributed by atoms with van der Waals surface area (Å²) >= 11 is 1.31. The van der Waals surface area contributed by atoms with E-state index in [0.29, 0.717) is 13.2 Å². The van der Waals surface area contributed by atoms with Crippen LogP contribution >= 0.6 is 11.8 Å². The van der Waals surface area contributed by atoms with Crippen LogP contribution in [0.1, 0.15) is 13.3 Å². The van der Waals surface area contributed by atoms with Crippen molar-refractivity contribution in [3.63, 3.8) is 0 Å². The molecule has 6 heteroatoms. The summed E-state index contributed by atoms with van der Waals surface area (Å²) in [6.45, 7) is 2.76. The van der Waals surface area contributed by atoms with Crippen LogP contribution in [0.4, 0.5) is 5.69 Å². The van der Waals surface area contributed by atoms with Crippen molar-refractivity contribution in [2.24, 2.45) is 0 Å². The third kappa shape index (κ3) is 3.06. The maximum absolute atomic E-state index is 12.6. The molecule has 0 fully saturated rings. The van der Waals surface area contributed by atoms with Crippen molar-refractivity contribution in [1.82, 2.24) is 5.32 Å². The molecule has 0 saturated heterocycles. The van der Waals surface area contributed by atoms with Gasteiger partial charge in [0.1, 0.15) is 0 Å². The highest BCUT2D eigenvalue weighted by Crippen LogP contribution is 2.44. The predicted molar refractivity (Wildman–Crippen MR) is 83.6 cm³/mol. The van der Waals surface area contributed by atoms with Gasteiger partial charge in [-0.3, -0.25) is 9.59 Å². The molecular formula is C15H20N2O3S. The molecule has 1 atom stereocenters. The van der Waals surface area contributed by atoms with Gasteiger partial charge in [-0.05, 0) is 25.5 Å². The van der Waals surface area contributed by atoms with Crippen molar-refractivity contribution in [3.8, 4) is 0 Å². The Balaban J connectivity index is 2.15. The van der Waals surface area contributed by atoms with E-state index in [9.17, 15) is 9.59 Å². The number of benzene rings is 1. The number of rotatable bonds is 5. The normalized spacial score (nSPS) is 21.1. The first kappa shape index (κ1) is 15.9. The maximum Gasteiger partial charge on any atom is 0.252 e. The summed E-state index contributed by atoms with van der Waals surface area (Å²) in [6, 6.07) is 7.61. The fraction of sp³-hybridized carbons (Fsp3) is 0.467. The fourth-order valence-electron chi connectivity index (χ4n) is 2.24. The zero-order valence-electron chi connectivity index (χ0n) is 12.5. The molecule has 5 nitrogen and oxygen atoms in total. The molecule has 114 valence electrons. The summed E-state index contributed by atoms with van der Waals surface area (Å²) in [5, 5.41) is 2.82. The molecule has 0 unspecified atom stereocenters. The third-order valence-corrected chi connectivity index (χ3v) is 4.83. The number of nitrogens with one attached hydrogen (secondary N) is 1. The molecule has 1 aliphatic heterocycles. The lowest BCUT2D eigenvalue weighted by Gasteiger charge is -2.36. The van der Waals surface area contributed by atoms with E-state index in [-0.39, 0.29) is 11.8 Å². The molecular weight excluding hydrogens is 288 g/mol. The molecule has 1 aromatic carbocycles. The van der Waals surface area contributed by atoms with Gasteiger partial charge in [-0.25, -0.2) is 0 Å². The number of fused-ring (bicyclic) bond motifs is 1. The first-order valence-corrected chi connectivity index (χ1v) is 7.66. The molecule has 2 amide bonds. The van der Waals surface area contributed by atoms with Gasteiger partial charge in [0.2, 0.25) is 5.91 Å². The van der Waals surface area contributed by atoms with Crippen LogP contribution in [0.3, 0.4) is 0 Å². The summed E-state index contributed by atoms with van der Waals surface area (Å²) in [6.07, 6.45) is 0.726. The Bertz CT molecular complexity index is 549. The van der Waals surface area contributed by atoms with Gasteiger partial charge in [0.25, 0.3) is 5.91 Å². The first-order valence-electron chi connectivity index (χ1n) is 6.84. The van der Waals surface area contributed by atoms with Crippen molar-refractivity contribution >= 4 is 29.3 Å². The number of thioether (sulfide) groups is 1. The van der Waals surface area contributed by atoms with E-state index < -0.39 is 4.75 Å². The number of nitrogens with zero attached hydrogens (tertiary/aromatic N) is 1. The number of carbonyl (C=O) groups excluding carboxylic acids is 2. The van der Waals surface area contributed by atoms with Gasteiger partial charge in [0.05, 0.1) is 5.69 Å². The van der Waals surface area contributed by atoms with Gasteiger partial charge in [-0.2, -0.15) is 0 Å². The first-order chi connectivity index (χ1) is 10.0. The molecule has 2 rings (SSSR count). The van der Waals surface area contributed by atoms with Crippen molar-refractivity contribution in [3.05, 3.63) is 24.3 Å². The monoisotopic (exact) mass is 308 g/mol. The van der Waals surface area contributed by atoms with Gasteiger partial charge >= 0.3 is 0 Å². The number of hydrogen-bond donors (Lipinski definition) is 1. The molecule has 0 spiro atoms. The predicted octanol–water partition coefficient (Wildman–Crippen LogP) is 1.67. The van der Waals surface area contributed by atoms with Gasteiger partial charge in [-0.1, -0.05) is 23.9 Å². The number of hydrogen-bond acceptors (Lipinski definition) is 4. The number of amides is 2. The van der Waals surface area contributed by atoms with Gasteiger partial charge in [-0.15, -0.1) is 0 Å². The molecule has 0 radical (unpaired) electrons. The lowest BCUT2D eigenvalue weighted by molar-refractivity contribution is -0.131. The van der Waals surface area contributed by atoms with Crippen molar-refractivity contribution < 1.29 is 14.3 Å². The van der Waals surface area contributed by atoms with Crippen LogP contribution in [-0.4, -0.2) is 43.9 Å².